The monoisotopic (exact) mass is 316 g/mol. The van der Waals surface area contributed by atoms with E-state index in [0.29, 0.717) is 0 Å². The lowest BCUT2D eigenvalue weighted by Gasteiger charge is -2.12. The lowest BCUT2D eigenvalue weighted by Crippen LogP contribution is -2.08. The Balaban J connectivity index is 2.51. The summed E-state index contributed by atoms with van der Waals surface area (Å²) in [5, 5.41) is 22.8. The number of nitro benzene ring substituents is 1. The van der Waals surface area contributed by atoms with Crippen molar-refractivity contribution in [1.29, 1.82) is 0 Å². The number of nitro groups is 1. The Morgan fingerprint density at radius 2 is 1.83 bits per heavy atom. The Morgan fingerprint density at radius 3 is 2.43 bits per heavy atom. The fourth-order valence-electron chi connectivity index (χ4n) is 1.96. The molecule has 0 saturated carbocycles. The summed E-state index contributed by atoms with van der Waals surface area (Å²) in [6.07, 6.45) is 0. The van der Waals surface area contributed by atoms with Gasteiger partial charge in [-0.05, 0) is 18.2 Å². The van der Waals surface area contributed by atoms with E-state index in [1.165, 1.54) is 19.2 Å². The van der Waals surface area contributed by atoms with Crippen molar-refractivity contribution in [3.8, 4) is 0 Å². The largest absolute Gasteiger partial charge is 0.478 e. The third-order valence-electron chi connectivity index (χ3n) is 3.05. The summed E-state index contributed by atoms with van der Waals surface area (Å²) in [7, 11) is 1.22. The average molecular weight is 316 g/mol. The Bertz CT molecular complexity index is 787. The van der Waals surface area contributed by atoms with E-state index in [2.05, 4.69) is 10.1 Å². The molecule has 0 spiro atoms. The van der Waals surface area contributed by atoms with Crippen LogP contribution in [0, 0.1) is 10.1 Å². The van der Waals surface area contributed by atoms with Gasteiger partial charge < -0.3 is 15.2 Å². The number of carbonyl (C=O) groups excluding carboxylic acids is 1. The molecule has 2 aromatic rings. The summed E-state index contributed by atoms with van der Waals surface area (Å²) in [5.41, 5.74) is 0.0339. The van der Waals surface area contributed by atoms with Crippen LogP contribution in [0.15, 0.2) is 42.5 Å². The van der Waals surface area contributed by atoms with E-state index in [1.54, 1.807) is 12.1 Å². The molecule has 0 amide bonds. The number of benzene rings is 2. The summed E-state index contributed by atoms with van der Waals surface area (Å²) >= 11 is 0. The van der Waals surface area contributed by atoms with Gasteiger partial charge in [0.2, 0.25) is 0 Å². The molecule has 8 heteroatoms. The third kappa shape index (κ3) is 3.43. The summed E-state index contributed by atoms with van der Waals surface area (Å²) in [4.78, 5) is 33.2. The molecule has 23 heavy (non-hydrogen) atoms. The van der Waals surface area contributed by atoms with Crippen molar-refractivity contribution < 1.29 is 24.4 Å². The quantitative estimate of drug-likeness (QED) is 0.494. The smallest absolute Gasteiger partial charge is 0.339 e. The van der Waals surface area contributed by atoms with Crippen molar-refractivity contribution >= 4 is 29.0 Å². The molecular formula is C15H12N2O6. The van der Waals surface area contributed by atoms with Crippen molar-refractivity contribution in [2.24, 2.45) is 0 Å². The van der Waals surface area contributed by atoms with E-state index >= 15 is 0 Å². The molecule has 0 radical (unpaired) electrons. The first-order valence-electron chi connectivity index (χ1n) is 6.40. The number of nitrogens with zero attached hydrogens (tertiary/aromatic N) is 1. The van der Waals surface area contributed by atoms with Crippen molar-refractivity contribution in [3.63, 3.8) is 0 Å². The topological polar surface area (TPSA) is 119 Å². The molecule has 0 fully saturated rings. The highest BCUT2D eigenvalue weighted by atomic mass is 16.6. The van der Waals surface area contributed by atoms with Gasteiger partial charge in [-0.3, -0.25) is 10.1 Å². The van der Waals surface area contributed by atoms with E-state index in [9.17, 15) is 24.8 Å². The first-order chi connectivity index (χ1) is 10.9. The Labute approximate surface area is 130 Å². The van der Waals surface area contributed by atoms with Crippen molar-refractivity contribution in [2.45, 2.75) is 0 Å². The van der Waals surface area contributed by atoms with E-state index < -0.39 is 16.9 Å². The number of para-hydroxylation sites is 1. The second-order valence-electron chi connectivity index (χ2n) is 4.45. The second-order valence-corrected chi connectivity index (χ2v) is 4.45. The van der Waals surface area contributed by atoms with Crippen LogP contribution in [0.2, 0.25) is 0 Å². The van der Waals surface area contributed by atoms with Crippen LogP contribution in [0.4, 0.5) is 17.1 Å². The molecule has 0 aromatic heterocycles. The number of methoxy groups -OCH3 is 1. The molecule has 0 heterocycles. The van der Waals surface area contributed by atoms with Crippen molar-refractivity contribution in [1.82, 2.24) is 0 Å². The molecule has 0 aliphatic carbocycles. The van der Waals surface area contributed by atoms with Crippen LogP contribution in [-0.4, -0.2) is 29.1 Å². The standard InChI is InChI=1S/C15H12N2O6/c1-23-15(20)11-4-2-3-5-12(11)16-13-8-9(17(21)22)6-7-10(13)14(18)19/h2-8,16H,1H3,(H,18,19). The van der Waals surface area contributed by atoms with Crippen molar-refractivity contribution in [3.05, 3.63) is 63.7 Å². The van der Waals surface area contributed by atoms with Crippen LogP contribution >= 0.6 is 0 Å². The van der Waals surface area contributed by atoms with Gasteiger partial charge in [-0.1, -0.05) is 12.1 Å². The molecule has 0 unspecified atom stereocenters. The molecule has 0 saturated heterocycles. The number of hydrogen-bond acceptors (Lipinski definition) is 6. The molecule has 118 valence electrons. The molecule has 2 aromatic carbocycles. The van der Waals surface area contributed by atoms with Crippen LogP contribution in [-0.2, 0) is 4.74 Å². The van der Waals surface area contributed by atoms with Gasteiger partial charge in [-0.15, -0.1) is 0 Å². The van der Waals surface area contributed by atoms with E-state index in [-0.39, 0.29) is 28.2 Å². The highest BCUT2D eigenvalue weighted by Gasteiger charge is 2.18. The zero-order valence-electron chi connectivity index (χ0n) is 12.0. The van der Waals surface area contributed by atoms with Crippen LogP contribution in [0.5, 0.6) is 0 Å². The number of carbonyl (C=O) groups is 2. The van der Waals surface area contributed by atoms with Gasteiger partial charge >= 0.3 is 11.9 Å². The Morgan fingerprint density at radius 1 is 1.13 bits per heavy atom. The van der Waals surface area contributed by atoms with Crippen molar-refractivity contribution in [2.75, 3.05) is 12.4 Å². The molecule has 2 rings (SSSR count). The fraction of sp³-hybridized carbons (Fsp3) is 0.0667. The number of nitrogens with one attached hydrogen (secondary N) is 1. The third-order valence-corrected chi connectivity index (χ3v) is 3.05. The molecule has 0 aliphatic heterocycles. The first-order valence-corrected chi connectivity index (χ1v) is 6.40. The van der Waals surface area contributed by atoms with Gasteiger partial charge in [0.15, 0.2) is 0 Å². The highest BCUT2D eigenvalue weighted by Crippen LogP contribution is 2.28. The van der Waals surface area contributed by atoms with Gasteiger partial charge in [-0.25, -0.2) is 9.59 Å². The molecule has 0 bridgehead atoms. The molecule has 0 atom stereocenters. The van der Waals surface area contributed by atoms with Crippen LogP contribution in [0.25, 0.3) is 0 Å². The number of carboxylic acid groups (broad SMARTS) is 1. The highest BCUT2D eigenvalue weighted by molar-refractivity contribution is 5.99. The number of aromatic carboxylic acids is 1. The predicted octanol–water partition coefficient (Wildman–Crippen LogP) is 2.82. The SMILES string of the molecule is COC(=O)c1ccccc1Nc1cc([N+](=O)[O-])ccc1C(=O)O. The van der Waals surface area contributed by atoms with Gasteiger partial charge in [0.1, 0.15) is 0 Å². The number of esters is 1. The van der Waals surface area contributed by atoms with E-state index in [0.717, 1.165) is 18.2 Å². The summed E-state index contributed by atoms with van der Waals surface area (Å²) in [5.74, 6) is -1.87. The fourth-order valence-corrected chi connectivity index (χ4v) is 1.96. The Kier molecular flexibility index (Phi) is 4.55. The normalized spacial score (nSPS) is 9.96. The first kappa shape index (κ1) is 16.0. The number of rotatable bonds is 5. The summed E-state index contributed by atoms with van der Waals surface area (Å²) in [6, 6.07) is 9.60. The summed E-state index contributed by atoms with van der Waals surface area (Å²) < 4.78 is 4.65. The lowest BCUT2D eigenvalue weighted by molar-refractivity contribution is -0.384. The number of non-ortho nitro benzene ring substituents is 1. The minimum Gasteiger partial charge on any atom is -0.478 e. The number of carboxylic acids is 1. The van der Waals surface area contributed by atoms with Crippen LogP contribution in [0.1, 0.15) is 20.7 Å². The summed E-state index contributed by atoms with van der Waals surface area (Å²) in [6.45, 7) is 0. The molecular weight excluding hydrogens is 304 g/mol. The molecule has 2 N–H and O–H groups in total. The molecule has 8 nitrogen and oxygen atoms in total. The minimum atomic E-state index is -1.25. The minimum absolute atomic E-state index is 0.00283. The maximum Gasteiger partial charge on any atom is 0.339 e. The zero-order chi connectivity index (χ0) is 17.0. The Hall–Kier alpha value is -3.42. The zero-order valence-corrected chi connectivity index (χ0v) is 12.0. The average Bonchev–Trinajstić information content (AvgIpc) is 2.54. The van der Waals surface area contributed by atoms with Crippen LogP contribution in [0.3, 0.4) is 0 Å². The van der Waals surface area contributed by atoms with Crippen LogP contribution < -0.4 is 5.32 Å². The second kappa shape index (κ2) is 6.56. The number of hydrogen-bond donors (Lipinski definition) is 2. The predicted molar refractivity (Wildman–Crippen MR) is 81.1 cm³/mol. The maximum absolute atomic E-state index is 11.7. The maximum atomic E-state index is 11.7. The van der Waals surface area contributed by atoms with Gasteiger partial charge in [-0.2, -0.15) is 0 Å². The van der Waals surface area contributed by atoms with Gasteiger partial charge in [0, 0.05) is 12.1 Å². The van der Waals surface area contributed by atoms with Gasteiger partial charge in [0.25, 0.3) is 5.69 Å². The van der Waals surface area contributed by atoms with E-state index in [1.807, 2.05) is 0 Å². The van der Waals surface area contributed by atoms with E-state index in [4.69, 9.17) is 0 Å². The number of anilines is 2. The number of ether oxygens (including phenoxy) is 1. The van der Waals surface area contributed by atoms with Gasteiger partial charge in [0.05, 0.1) is 34.5 Å². The molecule has 0 aliphatic rings. The lowest BCUT2D eigenvalue weighted by atomic mass is 10.1.